The maximum Gasteiger partial charge on any atom is 0.157 e. The highest BCUT2D eigenvalue weighted by atomic mass is 16.7. The van der Waals surface area contributed by atoms with Crippen molar-refractivity contribution in [2.45, 2.75) is 58.2 Å². The summed E-state index contributed by atoms with van der Waals surface area (Å²) in [5.41, 5.74) is 0. The van der Waals surface area contributed by atoms with Gasteiger partial charge in [0.2, 0.25) is 0 Å². The van der Waals surface area contributed by atoms with Crippen LogP contribution in [0.15, 0.2) is 0 Å². The van der Waals surface area contributed by atoms with Crippen LogP contribution in [0.25, 0.3) is 0 Å². The summed E-state index contributed by atoms with van der Waals surface area (Å²) in [5, 5.41) is 0. The lowest BCUT2D eigenvalue weighted by Crippen LogP contribution is -2.24. The molecule has 0 aromatic heterocycles. The lowest BCUT2D eigenvalue weighted by Gasteiger charge is -2.22. The van der Waals surface area contributed by atoms with Crippen LogP contribution in [0.5, 0.6) is 0 Å². The average molecular weight is 715 g/mol. The van der Waals surface area contributed by atoms with Gasteiger partial charge >= 0.3 is 0 Å². The van der Waals surface area contributed by atoms with Crippen LogP contribution < -0.4 is 0 Å². The van der Waals surface area contributed by atoms with Crippen LogP contribution >= 0.6 is 0 Å². The van der Waals surface area contributed by atoms with Gasteiger partial charge in [-0.05, 0) is 25.7 Å². The smallest absolute Gasteiger partial charge is 0.157 e. The van der Waals surface area contributed by atoms with Gasteiger partial charge < -0.3 is 66.3 Å². The first-order chi connectivity index (χ1) is 24.4. The zero-order valence-electron chi connectivity index (χ0n) is 30.6. The van der Waals surface area contributed by atoms with Crippen molar-refractivity contribution < 1.29 is 66.3 Å². The zero-order chi connectivity index (χ0) is 34.8. The maximum atomic E-state index is 5.61. The van der Waals surface area contributed by atoms with Crippen molar-refractivity contribution in [3.05, 3.63) is 0 Å². The molecule has 14 nitrogen and oxygen atoms in total. The fourth-order valence-corrected chi connectivity index (χ4v) is 4.23. The summed E-state index contributed by atoms with van der Waals surface area (Å²) in [6, 6.07) is 0. The van der Waals surface area contributed by atoms with Crippen LogP contribution in [0.3, 0.4) is 0 Å². The molecule has 0 saturated carbocycles. The van der Waals surface area contributed by atoms with Crippen LogP contribution in [0.1, 0.15) is 51.9 Å². The van der Waals surface area contributed by atoms with E-state index >= 15 is 0 Å². The Morgan fingerprint density at radius 1 is 0.347 bits per heavy atom. The highest BCUT2D eigenvalue weighted by Gasteiger charge is 2.13. The number of unbranched alkanes of at least 4 members (excludes halogenated alkanes) is 3. The lowest BCUT2D eigenvalue weighted by atomic mass is 10.2. The Bertz CT molecular complexity index is 601. The molecule has 0 radical (unpaired) electrons. The molecule has 0 aromatic rings. The summed E-state index contributed by atoms with van der Waals surface area (Å²) in [6.07, 6.45) is 8.09. The van der Waals surface area contributed by atoms with Gasteiger partial charge in [-0.15, -0.1) is 0 Å². The van der Waals surface area contributed by atoms with Gasteiger partial charge in [0, 0.05) is 13.2 Å². The minimum absolute atomic E-state index is 0.0654. The summed E-state index contributed by atoms with van der Waals surface area (Å²) < 4.78 is 77.1. The average Bonchev–Trinajstić information content (AvgIpc) is 3.12. The molecular formula is C35H70O14. The van der Waals surface area contributed by atoms with E-state index in [1.807, 2.05) is 0 Å². The zero-order valence-corrected chi connectivity index (χ0v) is 30.6. The van der Waals surface area contributed by atoms with Crippen molar-refractivity contribution in [2.75, 3.05) is 172 Å². The highest BCUT2D eigenvalue weighted by Crippen LogP contribution is 2.13. The predicted molar refractivity (Wildman–Crippen MR) is 184 cm³/mol. The van der Waals surface area contributed by atoms with Gasteiger partial charge in [0.15, 0.2) is 6.29 Å². The molecule has 0 bridgehead atoms. The summed E-state index contributed by atoms with van der Waals surface area (Å²) in [7, 11) is 0. The summed E-state index contributed by atoms with van der Waals surface area (Å²) in [4.78, 5) is 0. The molecule has 1 atom stereocenters. The molecule has 1 unspecified atom stereocenters. The first-order valence-corrected chi connectivity index (χ1v) is 18.6. The molecule has 0 N–H and O–H groups in total. The highest BCUT2D eigenvalue weighted by molar-refractivity contribution is 4.53. The van der Waals surface area contributed by atoms with E-state index in [2.05, 4.69) is 6.92 Å². The molecule has 1 saturated heterocycles. The Hall–Kier alpha value is -0.560. The quantitative estimate of drug-likeness (QED) is 0.0858. The van der Waals surface area contributed by atoms with Gasteiger partial charge in [-0.3, -0.25) is 0 Å². The predicted octanol–water partition coefficient (Wildman–Crippen LogP) is 3.31. The third-order valence-corrected chi connectivity index (χ3v) is 6.90. The van der Waals surface area contributed by atoms with Crippen molar-refractivity contribution in [3.8, 4) is 0 Å². The van der Waals surface area contributed by atoms with E-state index in [0.29, 0.717) is 159 Å². The van der Waals surface area contributed by atoms with E-state index in [1.165, 1.54) is 25.7 Å². The Kier molecular flexibility index (Phi) is 39.7. The molecule has 1 aliphatic rings. The van der Waals surface area contributed by atoms with E-state index in [9.17, 15) is 0 Å². The topological polar surface area (TPSA) is 129 Å². The third kappa shape index (κ3) is 38.5. The van der Waals surface area contributed by atoms with Crippen LogP contribution in [0, 0.1) is 0 Å². The van der Waals surface area contributed by atoms with E-state index in [1.54, 1.807) is 0 Å². The minimum atomic E-state index is -0.0654. The van der Waals surface area contributed by atoms with Crippen LogP contribution in [-0.4, -0.2) is 178 Å². The Balaban J connectivity index is 1.59. The molecule has 0 aliphatic carbocycles. The molecule has 1 rings (SSSR count). The fourth-order valence-electron chi connectivity index (χ4n) is 4.23. The SMILES string of the molecule is CCCCCCOCCOCCOCCOCCOCCOCCOCCOCCOCCOCCOCCOCCOC1CCCCO1. The Labute approximate surface area is 296 Å². The van der Waals surface area contributed by atoms with Gasteiger partial charge in [-0.1, -0.05) is 26.2 Å². The standard InChI is InChI=1S/C35H70O14/c1-2-3-4-6-9-36-11-12-37-13-14-38-15-16-39-17-18-40-19-20-41-21-22-42-23-24-43-25-26-44-27-28-45-29-30-46-31-32-47-33-34-49-35-8-5-7-10-48-35/h35H,2-34H2,1H3. The minimum Gasteiger partial charge on any atom is -0.379 e. The second-order valence-corrected chi connectivity index (χ2v) is 11.1. The monoisotopic (exact) mass is 714 g/mol. The first-order valence-electron chi connectivity index (χ1n) is 18.6. The van der Waals surface area contributed by atoms with Crippen LogP contribution in [-0.2, 0) is 66.3 Å². The Morgan fingerprint density at radius 3 is 0.939 bits per heavy atom. The summed E-state index contributed by atoms with van der Waals surface area (Å²) >= 11 is 0. The second kappa shape index (κ2) is 41.9. The molecule has 1 aliphatic heterocycles. The number of rotatable bonds is 42. The van der Waals surface area contributed by atoms with E-state index in [4.69, 9.17) is 66.3 Å². The van der Waals surface area contributed by atoms with Crippen molar-refractivity contribution in [2.24, 2.45) is 0 Å². The van der Waals surface area contributed by atoms with Crippen molar-refractivity contribution in [1.82, 2.24) is 0 Å². The van der Waals surface area contributed by atoms with Gasteiger partial charge in [0.05, 0.1) is 159 Å². The molecule has 49 heavy (non-hydrogen) atoms. The molecule has 1 heterocycles. The van der Waals surface area contributed by atoms with Gasteiger partial charge in [-0.2, -0.15) is 0 Å². The van der Waals surface area contributed by atoms with Gasteiger partial charge in [0.25, 0.3) is 0 Å². The van der Waals surface area contributed by atoms with Crippen molar-refractivity contribution >= 4 is 0 Å². The van der Waals surface area contributed by atoms with Gasteiger partial charge in [-0.25, -0.2) is 0 Å². The number of hydrogen-bond acceptors (Lipinski definition) is 14. The first kappa shape index (κ1) is 46.5. The van der Waals surface area contributed by atoms with Crippen LogP contribution in [0.4, 0.5) is 0 Å². The number of hydrogen-bond donors (Lipinski definition) is 0. The fraction of sp³-hybridized carbons (Fsp3) is 1.00. The third-order valence-electron chi connectivity index (χ3n) is 6.90. The molecule has 0 aromatic carbocycles. The van der Waals surface area contributed by atoms with E-state index in [0.717, 1.165) is 32.5 Å². The number of ether oxygens (including phenoxy) is 14. The van der Waals surface area contributed by atoms with E-state index < -0.39 is 0 Å². The normalized spacial score (nSPS) is 15.0. The molecule has 14 heteroatoms. The lowest BCUT2D eigenvalue weighted by molar-refractivity contribution is -0.169. The molecule has 1 fully saturated rings. The molecular weight excluding hydrogens is 644 g/mol. The Morgan fingerprint density at radius 2 is 0.653 bits per heavy atom. The maximum absolute atomic E-state index is 5.61. The summed E-state index contributed by atoms with van der Waals surface area (Å²) in [6.45, 7) is 16.7. The van der Waals surface area contributed by atoms with Crippen molar-refractivity contribution in [3.63, 3.8) is 0 Å². The summed E-state index contributed by atoms with van der Waals surface area (Å²) in [5.74, 6) is 0. The molecule has 0 spiro atoms. The largest absolute Gasteiger partial charge is 0.379 e. The van der Waals surface area contributed by atoms with Crippen molar-refractivity contribution in [1.29, 1.82) is 0 Å². The second-order valence-electron chi connectivity index (χ2n) is 11.1. The van der Waals surface area contributed by atoms with Gasteiger partial charge in [0.1, 0.15) is 0 Å². The molecule has 294 valence electrons. The van der Waals surface area contributed by atoms with E-state index in [-0.39, 0.29) is 6.29 Å². The van der Waals surface area contributed by atoms with Crippen LogP contribution in [0.2, 0.25) is 0 Å². The molecule has 0 amide bonds.